The summed E-state index contributed by atoms with van der Waals surface area (Å²) in [6.45, 7) is 3.63. The number of aryl methyl sites for hydroxylation is 1. The number of carbonyl (C=O) groups excluding carboxylic acids is 1. The molecular weight excluding hydrogens is 258 g/mol. The van der Waals surface area contributed by atoms with E-state index in [1.165, 1.54) is 0 Å². The molecule has 1 saturated carbocycles. The van der Waals surface area contributed by atoms with Crippen molar-refractivity contribution >= 4 is 17.0 Å². The Bertz CT molecular complexity index is 659. The minimum atomic E-state index is -0.581. The molecule has 2 heterocycles. The van der Waals surface area contributed by atoms with Crippen LogP contribution in [0.4, 0.5) is 0 Å². The van der Waals surface area contributed by atoms with Gasteiger partial charge in [-0.05, 0) is 32.8 Å². The van der Waals surface area contributed by atoms with Gasteiger partial charge >= 0.3 is 0 Å². The molecule has 3 rings (SSSR count). The van der Waals surface area contributed by atoms with Crippen molar-refractivity contribution in [3.8, 4) is 0 Å². The largest absolute Gasteiger partial charge is 0.392 e. The van der Waals surface area contributed by atoms with Gasteiger partial charge in [0.2, 0.25) is 0 Å². The molecular formula is C14H17N3O3. The van der Waals surface area contributed by atoms with E-state index in [1.807, 2.05) is 6.07 Å². The molecule has 1 amide bonds. The highest BCUT2D eigenvalue weighted by atomic mass is 16.5. The Morgan fingerprint density at radius 1 is 1.60 bits per heavy atom. The number of hydrogen-bond donors (Lipinski definition) is 2. The third-order valence-corrected chi connectivity index (χ3v) is 3.44. The number of amides is 1. The number of carbonyl (C=O) groups is 1. The lowest BCUT2D eigenvalue weighted by molar-refractivity contribution is 0.0925. The van der Waals surface area contributed by atoms with Gasteiger partial charge in [-0.2, -0.15) is 0 Å². The Balaban J connectivity index is 2.02. The molecule has 0 aromatic carbocycles. The van der Waals surface area contributed by atoms with Crippen molar-refractivity contribution in [3.63, 3.8) is 0 Å². The van der Waals surface area contributed by atoms with Gasteiger partial charge in [-0.15, -0.1) is 0 Å². The van der Waals surface area contributed by atoms with Crippen LogP contribution in [0.3, 0.4) is 0 Å². The van der Waals surface area contributed by atoms with Crippen LogP contribution in [0.5, 0.6) is 0 Å². The maximum atomic E-state index is 12.3. The standard InChI is InChI=1S/C14H17N3O3/c1-7(18)6-15-13(19)10-5-11(9-3-4-9)16-14-12(10)8(2)17-20-14/h5,7,9,18H,3-4,6H2,1-2H3,(H,15,19). The predicted octanol–water partition coefficient (Wildman–Crippen LogP) is 1.52. The summed E-state index contributed by atoms with van der Waals surface area (Å²) in [6, 6.07) is 1.82. The zero-order valence-corrected chi connectivity index (χ0v) is 11.5. The molecule has 0 spiro atoms. The van der Waals surface area contributed by atoms with Gasteiger partial charge in [0.1, 0.15) is 0 Å². The topological polar surface area (TPSA) is 88.2 Å². The minimum Gasteiger partial charge on any atom is -0.392 e. The van der Waals surface area contributed by atoms with E-state index >= 15 is 0 Å². The van der Waals surface area contributed by atoms with Crippen LogP contribution in [0.25, 0.3) is 11.1 Å². The molecule has 6 heteroatoms. The van der Waals surface area contributed by atoms with Crippen molar-refractivity contribution < 1.29 is 14.4 Å². The number of nitrogens with one attached hydrogen (secondary N) is 1. The molecule has 0 bridgehead atoms. The molecule has 1 aliphatic carbocycles. The first-order valence-electron chi connectivity index (χ1n) is 6.79. The first kappa shape index (κ1) is 13.1. The molecule has 1 atom stereocenters. The van der Waals surface area contributed by atoms with Crippen LogP contribution in [-0.4, -0.2) is 33.8 Å². The summed E-state index contributed by atoms with van der Waals surface area (Å²) >= 11 is 0. The summed E-state index contributed by atoms with van der Waals surface area (Å²) in [7, 11) is 0. The van der Waals surface area contributed by atoms with Crippen molar-refractivity contribution in [2.24, 2.45) is 0 Å². The lowest BCUT2D eigenvalue weighted by Gasteiger charge is -2.09. The van der Waals surface area contributed by atoms with E-state index in [9.17, 15) is 9.90 Å². The van der Waals surface area contributed by atoms with Crippen LogP contribution in [0.2, 0.25) is 0 Å². The van der Waals surface area contributed by atoms with Gasteiger partial charge in [0.25, 0.3) is 11.6 Å². The lowest BCUT2D eigenvalue weighted by Crippen LogP contribution is -2.30. The van der Waals surface area contributed by atoms with Gasteiger partial charge in [-0.3, -0.25) is 4.79 Å². The van der Waals surface area contributed by atoms with Crippen LogP contribution in [0.15, 0.2) is 10.6 Å². The van der Waals surface area contributed by atoms with Gasteiger partial charge in [0.05, 0.1) is 22.7 Å². The first-order valence-corrected chi connectivity index (χ1v) is 6.79. The van der Waals surface area contributed by atoms with Crippen molar-refractivity contribution in [1.82, 2.24) is 15.5 Å². The molecule has 20 heavy (non-hydrogen) atoms. The molecule has 2 aromatic rings. The third-order valence-electron chi connectivity index (χ3n) is 3.44. The number of aliphatic hydroxyl groups is 1. The monoisotopic (exact) mass is 275 g/mol. The number of nitrogens with zero attached hydrogens (tertiary/aromatic N) is 2. The zero-order chi connectivity index (χ0) is 14.3. The Hall–Kier alpha value is -1.95. The summed E-state index contributed by atoms with van der Waals surface area (Å²) in [6.07, 6.45) is 1.61. The zero-order valence-electron chi connectivity index (χ0n) is 11.5. The lowest BCUT2D eigenvalue weighted by atomic mass is 10.1. The summed E-state index contributed by atoms with van der Waals surface area (Å²) in [5.41, 5.74) is 2.47. The number of hydrogen-bond acceptors (Lipinski definition) is 5. The molecule has 106 valence electrons. The van der Waals surface area contributed by atoms with E-state index in [2.05, 4.69) is 15.5 Å². The third kappa shape index (κ3) is 2.38. The second-order valence-corrected chi connectivity index (χ2v) is 5.38. The van der Waals surface area contributed by atoms with Gasteiger partial charge in [-0.25, -0.2) is 4.98 Å². The van der Waals surface area contributed by atoms with Gasteiger partial charge < -0.3 is 14.9 Å². The maximum Gasteiger partial charge on any atom is 0.259 e. The van der Waals surface area contributed by atoms with Crippen molar-refractivity contribution in [2.45, 2.75) is 38.7 Å². The number of aromatic nitrogens is 2. The fraction of sp³-hybridized carbons (Fsp3) is 0.500. The summed E-state index contributed by atoms with van der Waals surface area (Å²) in [5, 5.41) is 16.5. The SMILES string of the molecule is Cc1noc2nc(C3CC3)cc(C(=O)NCC(C)O)c12. The smallest absolute Gasteiger partial charge is 0.259 e. The molecule has 2 aromatic heterocycles. The van der Waals surface area contributed by atoms with Crippen LogP contribution < -0.4 is 5.32 Å². The van der Waals surface area contributed by atoms with Crippen LogP contribution in [-0.2, 0) is 0 Å². The Kier molecular flexibility index (Phi) is 3.17. The van der Waals surface area contributed by atoms with E-state index in [0.717, 1.165) is 18.5 Å². The Labute approximate surface area is 116 Å². The van der Waals surface area contributed by atoms with Crippen LogP contribution in [0, 0.1) is 6.92 Å². The van der Waals surface area contributed by atoms with Crippen LogP contribution >= 0.6 is 0 Å². The molecule has 2 N–H and O–H groups in total. The number of pyridine rings is 1. The highest BCUT2D eigenvalue weighted by molar-refractivity contribution is 6.06. The first-order chi connectivity index (χ1) is 9.56. The van der Waals surface area contributed by atoms with Crippen molar-refractivity contribution in [2.75, 3.05) is 6.54 Å². The van der Waals surface area contributed by atoms with Crippen molar-refractivity contribution in [1.29, 1.82) is 0 Å². The molecule has 0 aliphatic heterocycles. The summed E-state index contributed by atoms with van der Waals surface area (Å²) in [5.74, 6) is 0.194. The fourth-order valence-corrected chi connectivity index (χ4v) is 2.22. The number of aliphatic hydroxyl groups excluding tert-OH is 1. The van der Waals surface area contributed by atoms with Gasteiger partial charge in [0, 0.05) is 18.2 Å². The van der Waals surface area contributed by atoms with E-state index in [1.54, 1.807) is 13.8 Å². The minimum absolute atomic E-state index is 0.214. The Morgan fingerprint density at radius 3 is 3.00 bits per heavy atom. The normalized spacial score (nSPS) is 16.4. The highest BCUT2D eigenvalue weighted by Crippen LogP contribution is 2.40. The van der Waals surface area contributed by atoms with Gasteiger partial charge in [-0.1, -0.05) is 5.16 Å². The quantitative estimate of drug-likeness (QED) is 0.883. The molecule has 6 nitrogen and oxygen atoms in total. The summed E-state index contributed by atoms with van der Waals surface area (Å²) < 4.78 is 5.19. The second-order valence-electron chi connectivity index (χ2n) is 5.38. The second kappa shape index (κ2) is 4.86. The summed E-state index contributed by atoms with van der Waals surface area (Å²) in [4.78, 5) is 16.7. The Morgan fingerprint density at radius 2 is 2.35 bits per heavy atom. The number of fused-ring (bicyclic) bond motifs is 1. The van der Waals surface area contributed by atoms with E-state index in [4.69, 9.17) is 4.52 Å². The van der Waals surface area contributed by atoms with E-state index < -0.39 is 6.10 Å². The molecule has 1 aliphatic rings. The average molecular weight is 275 g/mol. The van der Waals surface area contributed by atoms with Gasteiger partial charge in [0.15, 0.2) is 0 Å². The average Bonchev–Trinajstić information content (AvgIpc) is 3.20. The van der Waals surface area contributed by atoms with Crippen molar-refractivity contribution in [3.05, 3.63) is 23.0 Å². The highest BCUT2D eigenvalue weighted by Gasteiger charge is 2.28. The number of rotatable bonds is 4. The molecule has 0 saturated heterocycles. The molecule has 1 fully saturated rings. The fourth-order valence-electron chi connectivity index (χ4n) is 2.22. The maximum absolute atomic E-state index is 12.3. The van der Waals surface area contributed by atoms with E-state index in [-0.39, 0.29) is 12.5 Å². The molecule has 0 radical (unpaired) electrons. The van der Waals surface area contributed by atoms with Crippen LogP contribution in [0.1, 0.15) is 47.4 Å². The van der Waals surface area contributed by atoms with E-state index in [0.29, 0.717) is 28.3 Å². The predicted molar refractivity (Wildman–Crippen MR) is 72.5 cm³/mol. The molecule has 1 unspecified atom stereocenters.